The molecule has 3 amide bonds. The number of ether oxygens (including phenoxy) is 1. The number of hydrogen-bond acceptors (Lipinski definition) is 5. The number of amides is 3. The van der Waals surface area contributed by atoms with Gasteiger partial charge in [-0.15, -0.1) is 0 Å². The Morgan fingerprint density at radius 3 is 2.72 bits per heavy atom. The van der Waals surface area contributed by atoms with Gasteiger partial charge in [-0.2, -0.15) is 0 Å². The van der Waals surface area contributed by atoms with E-state index in [1.165, 1.54) is 11.9 Å². The number of fused-ring (bicyclic) bond motifs is 3. The molecule has 9 heteroatoms. The van der Waals surface area contributed by atoms with Gasteiger partial charge in [-0.05, 0) is 26.0 Å². The minimum absolute atomic E-state index is 0.267. The fourth-order valence-corrected chi connectivity index (χ4v) is 3.78. The highest BCUT2D eigenvalue weighted by Gasteiger charge is 2.52. The first-order valence-electron chi connectivity index (χ1n) is 9.64. The maximum absolute atomic E-state index is 12.7. The third-order valence-electron chi connectivity index (χ3n) is 5.28. The molecule has 1 fully saturated rings. The van der Waals surface area contributed by atoms with Gasteiger partial charge < -0.3 is 10.1 Å². The Hall–Kier alpha value is -3.36. The molecule has 0 radical (unpaired) electrons. The minimum Gasteiger partial charge on any atom is -0.492 e. The van der Waals surface area contributed by atoms with E-state index in [0.717, 1.165) is 22.0 Å². The van der Waals surface area contributed by atoms with Gasteiger partial charge in [0.2, 0.25) is 11.9 Å². The number of aryl methyl sites for hydroxylation is 1. The molecule has 0 spiro atoms. The van der Waals surface area contributed by atoms with Crippen molar-refractivity contribution in [1.82, 2.24) is 14.4 Å². The van der Waals surface area contributed by atoms with Gasteiger partial charge in [-0.1, -0.05) is 17.1 Å². The van der Waals surface area contributed by atoms with Crippen molar-refractivity contribution in [1.29, 1.82) is 0 Å². The van der Waals surface area contributed by atoms with E-state index in [1.807, 2.05) is 53.4 Å². The number of para-hydroxylation sites is 2. The van der Waals surface area contributed by atoms with Crippen molar-refractivity contribution in [2.45, 2.75) is 26.4 Å². The Bertz CT molecular complexity index is 1010. The van der Waals surface area contributed by atoms with E-state index in [1.54, 1.807) is 7.05 Å². The number of amidine groups is 1. The number of anilines is 1. The lowest BCUT2D eigenvalue weighted by Crippen LogP contribution is -2.61. The van der Waals surface area contributed by atoms with Crippen LogP contribution in [0.2, 0.25) is 0 Å². The smallest absolute Gasteiger partial charge is 0.401 e. The molecule has 2 aromatic rings. The third kappa shape index (κ3) is 3.02. The number of hydrogen-bond donors (Lipinski definition) is 1. The van der Waals surface area contributed by atoms with E-state index in [2.05, 4.69) is 10.3 Å². The fourth-order valence-electron chi connectivity index (χ4n) is 3.78. The zero-order valence-electron chi connectivity index (χ0n) is 17.0. The molecule has 3 heterocycles. The van der Waals surface area contributed by atoms with Crippen molar-refractivity contribution in [2.24, 2.45) is 4.99 Å². The maximum Gasteiger partial charge on any atom is 0.401 e. The van der Waals surface area contributed by atoms with Crippen LogP contribution in [0.1, 0.15) is 18.7 Å². The normalized spacial score (nSPS) is 17.9. The number of rotatable bonds is 6. The Balaban J connectivity index is 1.56. The summed E-state index contributed by atoms with van der Waals surface area (Å²) in [5, 5.41) is 3.41. The van der Waals surface area contributed by atoms with Gasteiger partial charge in [-0.3, -0.25) is 14.6 Å². The molecule has 2 aliphatic rings. The number of aromatic nitrogens is 2. The Morgan fingerprint density at radius 1 is 1.21 bits per heavy atom. The lowest BCUT2D eigenvalue weighted by molar-refractivity contribution is -0.677. The monoisotopic (exact) mass is 397 g/mol. The van der Waals surface area contributed by atoms with Crippen LogP contribution in [0.15, 0.2) is 35.5 Å². The number of nitrogens with zero attached hydrogens (tertiary/aromatic N) is 5. The van der Waals surface area contributed by atoms with Gasteiger partial charge in [0.1, 0.15) is 17.6 Å². The average molecular weight is 397 g/mol. The summed E-state index contributed by atoms with van der Waals surface area (Å²) in [6.45, 7) is 5.86. The number of likely N-dealkylation sites (N-methyl/N-ethyl adjacent to an activating group) is 2. The van der Waals surface area contributed by atoms with Crippen LogP contribution in [0, 0.1) is 6.92 Å². The topological polar surface area (TPSA) is 83.0 Å². The summed E-state index contributed by atoms with van der Waals surface area (Å²) in [5.41, 5.74) is 1.93. The number of benzene rings is 1. The van der Waals surface area contributed by atoms with Gasteiger partial charge in [0.25, 0.3) is 5.91 Å². The summed E-state index contributed by atoms with van der Waals surface area (Å²) in [6, 6.07) is 6.87. The molecule has 1 N–H and O–H groups in total. The largest absolute Gasteiger partial charge is 0.492 e. The molecule has 0 saturated carbocycles. The summed E-state index contributed by atoms with van der Waals surface area (Å²) < 4.78 is 9.55. The zero-order chi connectivity index (χ0) is 20.7. The van der Waals surface area contributed by atoms with E-state index < -0.39 is 6.04 Å². The standard InChI is InChI=1S/C20H25N6O3/c1-5-29-15-9-7-6-8-14(15)21-10-11-25-13(2)12-26-16-17(22-19(25)26)23(3)20(28)24(4)18(16)27/h6-9,12,16,21H,5,10-11H2,1-4H3/q+1. The quantitative estimate of drug-likeness (QED) is 0.752. The molecule has 4 rings (SSSR count). The highest BCUT2D eigenvalue weighted by atomic mass is 16.5. The van der Waals surface area contributed by atoms with E-state index in [-0.39, 0.29) is 11.9 Å². The average Bonchev–Trinajstić information content (AvgIpc) is 3.22. The predicted octanol–water partition coefficient (Wildman–Crippen LogP) is 1.70. The Morgan fingerprint density at radius 2 is 1.97 bits per heavy atom. The number of urea groups is 1. The van der Waals surface area contributed by atoms with Crippen LogP contribution in [0.3, 0.4) is 0 Å². The van der Waals surface area contributed by atoms with Gasteiger partial charge in [0.05, 0.1) is 18.8 Å². The first-order valence-corrected chi connectivity index (χ1v) is 9.64. The first-order chi connectivity index (χ1) is 13.9. The highest BCUT2D eigenvalue weighted by Crippen LogP contribution is 2.29. The molecule has 0 bridgehead atoms. The fraction of sp³-hybridized carbons (Fsp3) is 0.400. The zero-order valence-corrected chi connectivity index (χ0v) is 17.0. The van der Waals surface area contributed by atoms with Crippen LogP contribution in [0.5, 0.6) is 5.75 Å². The second-order valence-corrected chi connectivity index (χ2v) is 7.10. The van der Waals surface area contributed by atoms with Crippen molar-refractivity contribution in [3.05, 3.63) is 36.2 Å². The van der Waals surface area contributed by atoms with Gasteiger partial charge in [0, 0.05) is 20.6 Å². The summed E-state index contributed by atoms with van der Waals surface area (Å²) in [5.74, 6) is 1.69. The second-order valence-electron chi connectivity index (χ2n) is 7.10. The van der Waals surface area contributed by atoms with Crippen LogP contribution in [0.25, 0.3) is 0 Å². The van der Waals surface area contributed by atoms with Crippen LogP contribution in [-0.4, -0.2) is 59.4 Å². The number of imide groups is 1. The van der Waals surface area contributed by atoms with Crippen molar-refractivity contribution < 1.29 is 18.9 Å². The summed E-state index contributed by atoms with van der Waals surface area (Å²) in [4.78, 5) is 32.1. The predicted molar refractivity (Wildman–Crippen MR) is 108 cm³/mol. The number of carbonyl (C=O) groups excluding carboxylic acids is 2. The molecular weight excluding hydrogens is 372 g/mol. The lowest BCUT2D eigenvalue weighted by atomic mass is 10.2. The molecule has 1 unspecified atom stereocenters. The van der Waals surface area contributed by atoms with Crippen molar-refractivity contribution in [3.63, 3.8) is 0 Å². The molecule has 1 atom stereocenters. The van der Waals surface area contributed by atoms with E-state index in [0.29, 0.717) is 31.5 Å². The molecular formula is C20H25N6O3+. The van der Waals surface area contributed by atoms with Crippen molar-refractivity contribution in [3.8, 4) is 5.75 Å². The molecule has 1 aromatic carbocycles. The lowest BCUT2D eigenvalue weighted by Gasteiger charge is -2.30. The van der Waals surface area contributed by atoms with Crippen LogP contribution >= 0.6 is 0 Å². The first kappa shape index (κ1) is 19.0. The third-order valence-corrected chi connectivity index (χ3v) is 5.28. The number of aliphatic imine (C=N–C) groups is 1. The van der Waals surface area contributed by atoms with Crippen LogP contribution in [0.4, 0.5) is 16.4 Å². The number of carbonyl (C=O) groups is 2. The van der Waals surface area contributed by atoms with Gasteiger partial charge >= 0.3 is 12.0 Å². The number of imidazole rings is 1. The maximum atomic E-state index is 12.7. The molecule has 1 aromatic heterocycles. The van der Waals surface area contributed by atoms with E-state index in [4.69, 9.17) is 4.74 Å². The second kappa shape index (κ2) is 7.23. The Labute approximate surface area is 169 Å². The van der Waals surface area contributed by atoms with Crippen LogP contribution < -0.4 is 14.6 Å². The van der Waals surface area contributed by atoms with Crippen molar-refractivity contribution in [2.75, 3.05) is 32.6 Å². The van der Waals surface area contributed by atoms with Crippen molar-refractivity contribution >= 4 is 29.4 Å². The van der Waals surface area contributed by atoms with E-state index in [9.17, 15) is 9.59 Å². The molecule has 1 saturated heterocycles. The molecule has 9 nitrogen and oxygen atoms in total. The minimum atomic E-state index is -0.593. The SMILES string of the molecule is CCOc1ccccc1NCCn1c(C)c[n+]2c1N=C1C2C(=O)N(C)C(=O)N1C. The summed E-state index contributed by atoms with van der Waals surface area (Å²) in [7, 11) is 3.15. The Kier molecular flexibility index (Phi) is 4.73. The van der Waals surface area contributed by atoms with Crippen LogP contribution in [-0.2, 0) is 11.3 Å². The summed E-state index contributed by atoms with van der Waals surface area (Å²) >= 11 is 0. The highest BCUT2D eigenvalue weighted by molar-refractivity contribution is 6.18. The molecule has 0 aliphatic carbocycles. The molecule has 29 heavy (non-hydrogen) atoms. The molecule has 2 aliphatic heterocycles. The number of nitrogens with one attached hydrogen (secondary N) is 1. The van der Waals surface area contributed by atoms with Gasteiger partial charge in [-0.25, -0.2) is 13.9 Å². The summed E-state index contributed by atoms with van der Waals surface area (Å²) in [6.07, 6.45) is 1.92. The van der Waals surface area contributed by atoms with Gasteiger partial charge in [0.15, 0.2) is 0 Å². The molecule has 152 valence electrons. The van der Waals surface area contributed by atoms with E-state index >= 15 is 0 Å².